The number of hydrazine groups is 1. The maximum Gasteiger partial charge on any atom is 0.333 e. The van der Waals surface area contributed by atoms with Gasteiger partial charge in [-0.25, -0.2) is 10.2 Å². The van der Waals surface area contributed by atoms with Crippen molar-refractivity contribution in [1.82, 2.24) is 10.7 Å². The molecule has 0 aliphatic carbocycles. The summed E-state index contributed by atoms with van der Waals surface area (Å²) in [6.07, 6.45) is 0. The molecule has 1 aromatic carbocycles. The minimum atomic E-state index is -1.31. The summed E-state index contributed by atoms with van der Waals surface area (Å²) in [5, 5.41) is 14.1. The van der Waals surface area contributed by atoms with Crippen LogP contribution in [0.15, 0.2) is 24.3 Å². The number of rotatable bonds is 5. The lowest BCUT2D eigenvalue weighted by molar-refractivity contribution is -0.303. The predicted molar refractivity (Wildman–Crippen MR) is 62.9 cm³/mol. The molecule has 2 amide bonds. The summed E-state index contributed by atoms with van der Waals surface area (Å²) in [5.74, 6) is -0.760. The SMILES string of the molecule is CNC(=O)NN(CC(=O)[O-])c1cccc(OC)c1. The van der Waals surface area contributed by atoms with Crippen molar-refractivity contribution >= 4 is 17.7 Å². The van der Waals surface area contributed by atoms with Crippen LogP contribution in [0.25, 0.3) is 0 Å². The number of methoxy groups -OCH3 is 1. The first kappa shape index (κ1) is 13.6. The van der Waals surface area contributed by atoms with Crippen molar-refractivity contribution in [3.8, 4) is 5.75 Å². The van der Waals surface area contributed by atoms with Crippen molar-refractivity contribution in [3.63, 3.8) is 0 Å². The fourth-order valence-corrected chi connectivity index (χ4v) is 1.28. The summed E-state index contributed by atoms with van der Waals surface area (Å²) in [4.78, 5) is 21.9. The number of urea groups is 1. The lowest BCUT2D eigenvalue weighted by Gasteiger charge is -2.25. The van der Waals surface area contributed by atoms with Gasteiger partial charge in [-0.15, -0.1) is 0 Å². The van der Waals surface area contributed by atoms with Crippen LogP contribution < -0.4 is 25.6 Å². The van der Waals surface area contributed by atoms with E-state index in [0.29, 0.717) is 11.4 Å². The molecule has 1 aromatic rings. The Morgan fingerprint density at radius 1 is 1.44 bits per heavy atom. The average Bonchev–Trinajstić information content (AvgIpc) is 2.37. The van der Waals surface area contributed by atoms with E-state index in [-0.39, 0.29) is 0 Å². The van der Waals surface area contributed by atoms with Gasteiger partial charge in [-0.1, -0.05) is 6.07 Å². The van der Waals surface area contributed by atoms with Gasteiger partial charge in [0.15, 0.2) is 0 Å². The van der Waals surface area contributed by atoms with Crippen LogP contribution in [0.3, 0.4) is 0 Å². The topological polar surface area (TPSA) is 93.7 Å². The minimum absolute atomic E-state index is 0.472. The smallest absolute Gasteiger partial charge is 0.333 e. The Morgan fingerprint density at radius 2 is 2.17 bits per heavy atom. The van der Waals surface area contributed by atoms with E-state index in [0.717, 1.165) is 5.01 Å². The third-order valence-electron chi connectivity index (χ3n) is 2.12. The highest BCUT2D eigenvalue weighted by Crippen LogP contribution is 2.19. The molecule has 0 saturated carbocycles. The molecule has 0 aliphatic rings. The van der Waals surface area contributed by atoms with E-state index in [1.54, 1.807) is 24.3 Å². The van der Waals surface area contributed by atoms with Crippen molar-refractivity contribution in [1.29, 1.82) is 0 Å². The van der Waals surface area contributed by atoms with Crippen molar-refractivity contribution in [2.45, 2.75) is 0 Å². The summed E-state index contributed by atoms with van der Waals surface area (Å²) >= 11 is 0. The number of carboxylic acid groups (broad SMARTS) is 1. The van der Waals surface area contributed by atoms with Crippen molar-refractivity contribution in [2.24, 2.45) is 0 Å². The Labute approximate surface area is 104 Å². The molecule has 98 valence electrons. The van der Waals surface area contributed by atoms with Gasteiger partial charge in [0.2, 0.25) is 0 Å². The van der Waals surface area contributed by atoms with Crippen molar-refractivity contribution in [2.75, 3.05) is 25.7 Å². The number of nitrogens with one attached hydrogen (secondary N) is 2. The van der Waals surface area contributed by atoms with Crippen LogP contribution in [0.4, 0.5) is 10.5 Å². The monoisotopic (exact) mass is 252 g/mol. The van der Waals surface area contributed by atoms with Gasteiger partial charge in [0.05, 0.1) is 25.3 Å². The third kappa shape index (κ3) is 3.85. The fourth-order valence-electron chi connectivity index (χ4n) is 1.28. The molecule has 7 heteroatoms. The average molecular weight is 252 g/mol. The number of hydrogen-bond donors (Lipinski definition) is 2. The second kappa shape index (κ2) is 6.33. The van der Waals surface area contributed by atoms with Crippen molar-refractivity contribution in [3.05, 3.63) is 24.3 Å². The molecule has 0 aliphatic heterocycles. The molecular formula is C11H14N3O4-. The zero-order valence-corrected chi connectivity index (χ0v) is 10.1. The minimum Gasteiger partial charge on any atom is -0.548 e. The molecule has 0 saturated heterocycles. The second-order valence-corrected chi connectivity index (χ2v) is 3.35. The van der Waals surface area contributed by atoms with Gasteiger partial charge < -0.3 is 20.0 Å². The Balaban J connectivity index is 2.92. The van der Waals surface area contributed by atoms with Gasteiger partial charge >= 0.3 is 6.03 Å². The molecule has 0 fully saturated rings. The molecular weight excluding hydrogens is 238 g/mol. The number of carbonyl (C=O) groups excluding carboxylic acids is 2. The molecule has 18 heavy (non-hydrogen) atoms. The number of hydrogen-bond acceptors (Lipinski definition) is 5. The van der Waals surface area contributed by atoms with Crippen LogP contribution in [-0.2, 0) is 4.79 Å². The Hall–Kier alpha value is -2.44. The lowest BCUT2D eigenvalue weighted by Crippen LogP contribution is -2.51. The molecule has 0 spiro atoms. The number of carbonyl (C=O) groups is 2. The van der Waals surface area contributed by atoms with E-state index in [2.05, 4.69) is 10.7 Å². The molecule has 0 unspecified atom stereocenters. The van der Waals surface area contributed by atoms with Gasteiger partial charge in [0.25, 0.3) is 0 Å². The molecule has 7 nitrogen and oxygen atoms in total. The fraction of sp³-hybridized carbons (Fsp3) is 0.273. The van der Waals surface area contributed by atoms with Crippen LogP contribution in [0, 0.1) is 0 Å². The van der Waals surface area contributed by atoms with Crippen LogP contribution in [-0.4, -0.2) is 32.7 Å². The third-order valence-corrected chi connectivity index (χ3v) is 2.12. The summed E-state index contributed by atoms with van der Waals surface area (Å²) in [7, 11) is 2.92. The largest absolute Gasteiger partial charge is 0.548 e. The first-order chi connectivity index (χ1) is 8.56. The van der Waals surface area contributed by atoms with Crippen LogP contribution in [0.1, 0.15) is 0 Å². The first-order valence-corrected chi connectivity index (χ1v) is 5.16. The first-order valence-electron chi connectivity index (χ1n) is 5.16. The van der Waals surface area contributed by atoms with E-state index < -0.39 is 18.5 Å². The van der Waals surface area contributed by atoms with Crippen LogP contribution in [0.2, 0.25) is 0 Å². The molecule has 2 N–H and O–H groups in total. The Kier molecular flexibility index (Phi) is 4.79. The van der Waals surface area contributed by atoms with Crippen LogP contribution in [0.5, 0.6) is 5.75 Å². The van der Waals surface area contributed by atoms with Gasteiger partial charge in [0.1, 0.15) is 5.75 Å². The number of nitrogens with zero attached hydrogens (tertiary/aromatic N) is 1. The quantitative estimate of drug-likeness (QED) is 0.662. The second-order valence-electron chi connectivity index (χ2n) is 3.35. The highest BCUT2D eigenvalue weighted by Gasteiger charge is 2.10. The molecule has 0 heterocycles. The molecule has 0 bridgehead atoms. The zero-order valence-electron chi connectivity index (χ0n) is 10.1. The Morgan fingerprint density at radius 3 is 2.72 bits per heavy atom. The number of ether oxygens (including phenoxy) is 1. The number of amides is 2. The molecule has 1 rings (SSSR count). The number of benzene rings is 1. The number of aliphatic carboxylic acids is 1. The molecule has 0 aromatic heterocycles. The molecule has 0 atom stereocenters. The van der Waals surface area contributed by atoms with Crippen molar-refractivity contribution < 1.29 is 19.4 Å². The number of anilines is 1. The van der Waals surface area contributed by atoms with E-state index in [4.69, 9.17) is 4.74 Å². The summed E-state index contributed by atoms with van der Waals surface area (Å²) in [6.45, 7) is -0.472. The lowest BCUT2D eigenvalue weighted by atomic mass is 10.3. The number of carboxylic acids is 1. The van der Waals surface area contributed by atoms with E-state index in [9.17, 15) is 14.7 Å². The Bertz CT molecular complexity index is 436. The van der Waals surface area contributed by atoms with E-state index >= 15 is 0 Å². The highest BCUT2D eigenvalue weighted by molar-refractivity contribution is 5.79. The molecule has 0 radical (unpaired) electrons. The van der Waals surface area contributed by atoms with E-state index in [1.165, 1.54) is 14.2 Å². The van der Waals surface area contributed by atoms with Gasteiger partial charge in [-0.2, -0.15) is 0 Å². The highest BCUT2D eigenvalue weighted by atomic mass is 16.5. The zero-order chi connectivity index (χ0) is 13.5. The standard InChI is InChI=1S/C11H15N3O4/c1-12-11(17)13-14(7-10(15)16)8-4-3-5-9(6-8)18-2/h3-6H,7H2,1-2H3,(H,15,16)(H2,12,13,17)/p-1. The van der Waals surface area contributed by atoms with Crippen LogP contribution >= 0.6 is 0 Å². The summed E-state index contributed by atoms with van der Waals surface area (Å²) < 4.78 is 5.02. The predicted octanol–water partition coefficient (Wildman–Crippen LogP) is -0.904. The maximum atomic E-state index is 11.2. The van der Waals surface area contributed by atoms with Gasteiger partial charge in [-0.3, -0.25) is 5.01 Å². The van der Waals surface area contributed by atoms with Gasteiger partial charge in [0, 0.05) is 13.1 Å². The van der Waals surface area contributed by atoms with Gasteiger partial charge in [-0.05, 0) is 12.1 Å². The summed E-state index contributed by atoms with van der Waals surface area (Å²) in [5.41, 5.74) is 2.85. The maximum absolute atomic E-state index is 11.2. The van der Waals surface area contributed by atoms with E-state index in [1.807, 2.05) is 0 Å². The summed E-state index contributed by atoms with van der Waals surface area (Å²) in [6, 6.07) is 6.10. The normalized spacial score (nSPS) is 9.44.